The van der Waals surface area contributed by atoms with Gasteiger partial charge in [0.25, 0.3) is 5.91 Å². The predicted octanol–water partition coefficient (Wildman–Crippen LogP) is 2.53. The van der Waals surface area contributed by atoms with Crippen LogP contribution in [0.4, 0.5) is 5.69 Å². The second-order valence-electron chi connectivity index (χ2n) is 4.78. The number of fused-ring (bicyclic) bond motifs is 1. The molecule has 1 amide bonds. The lowest BCUT2D eigenvalue weighted by molar-refractivity contribution is -0.120. The van der Waals surface area contributed by atoms with Crippen LogP contribution in [0.3, 0.4) is 0 Å². The number of nitrogens with one attached hydrogen (secondary N) is 1. The zero-order valence-corrected chi connectivity index (χ0v) is 13.2. The first-order valence-corrected chi connectivity index (χ1v) is 7.58. The van der Waals surface area contributed by atoms with E-state index in [1.807, 2.05) is 12.1 Å². The maximum absolute atomic E-state index is 11.8. The molecular formula is C14H13BrN4O3. The Morgan fingerprint density at radius 1 is 1.32 bits per heavy atom. The van der Waals surface area contributed by atoms with Crippen LogP contribution in [0, 0.1) is 0 Å². The topological polar surface area (TPSA) is 89.6 Å². The van der Waals surface area contributed by atoms with Gasteiger partial charge in [-0.05, 0) is 48.7 Å². The Hall–Kier alpha value is -2.22. The Labute approximate surface area is 134 Å². The smallest absolute Gasteiger partial charge is 0.265 e. The molecule has 7 nitrogen and oxygen atoms in total. The average molecular weight is 365 g/mol. The van der Waals surface area contributed by atoms with Gasteiger partial charge in [0.05, 0.1) is 0 Å². The van der Waals surface area contributed by atoms with Gasteiger partial charge in [-0.2, -0.15) is 0 Å². The summed E-state index contributed by atoms with van der Waals surface area (Å²) in [7, 11) is 0. The van der Waals surface area contributed by atoms with Crippen molar-refractivity contribution < 1.29 is 14.3 Å². The van der Waals surface area contributed by atoms with E-state index in [0.29, 0.717) is 17.1 Å². The van der Waals surface area contributed by atoms with Crippen LogP contribution in [0.25, 0.3) is 0 Å². The van der Waals surface area contributed by atoms with Crippen LogP contribution in [0.5, 0.6) is 0 Å². The molecule has 2 aromatic rings. The van der Waals surface area contributed by atoms with Gasteiger partial charge in [-0.25, -0.2) is 4.63 Å². The summed E-state index contributed by atoms with van der Waals surface area (Å²) in [5.41, 5.74) is 2.77. The molecule has 1 aromatic carbocycles. The normalized spacial score (nSPS) is 15.4. The number of carbonyl (C=O) groups excluding carboxylic acids is 1. The molecule has 1 aliphatic carbocycles. The summed E-state index contributed by atoms with van der Waals surface area (Å²) in [5, 5.41) is 14.3. The van der Waals surface area contributed by atoms with Gasteiger partial charge in [0.1, 0.15) is 11.4 Å². The molecule has 0 aliphatic heterocycles. The summed E-state index contributed by atoms with van der Waals surface area (Å²) >= 11 is 3.33. The molecule has 3 rings (SSSR count). The molecule has 0 saturated carbocycles. The highest BCUT2D eigenvalue weighted by Gasteiger charge is 2.21. The van der Waals surface area contributed by atoms with Crippen LogP contribution >= 0.6 is 15.9 Å². The lowest BCUT2D eigenvalue weighted by atomic mass is 9.99. The number of carbonyl (C=O) groups is 1. The van der Waals surface area contributed by atoms with Gasteiger partial charge >= 0.3 is 0 Å². The molecule has 8 heteroatoms. The molecule has 0 fully saturated rings. The summed E-state index contributed by atoms with van der Waals surface area (Å²) < 4.78 is 5.64. The molecule has 1 heterocycles. The Morgan fingerprint density at radius 2 is 2.14 bits per heavy atom. The highest BCUT2D eigenvalue weighted by molar-refractivity contribution is 9.10. The van der Waals surface area contributed by atoms with E-state index in [2.05, 4.69) is 36.7 Å². The van der Waals surface area contributed by atoms with Crippen LogP contribution in [0.15, 0.2) is 38.5 Å². The minimum absolute atomic E-state index is 0.166. The van der Waals surface area contributed by atoms with Crippen molar-refractivity contribution in [1.29, 1.82) is 0 Å². The minimum Gasteiger partial charge on any atom is -0.385 e. The number of halogens is 1. The monoisotopic (exact) mass is 364 g/mol. The Kier molecular flexibility index (Phi) is 4.47. The fraction of sp³-hybridized carbons (Fsp3) is 0.286. The van der Waals surface area contributed by atoms with Crippen molar-refractivity contribution in [3.05, 3.63) is 40.1 Å². The number of oxime groups is 1. The Bertz CT molecular complexity index is 696. The van der Waals surface area contributed by atoms with Gasteiger partial charge in [0.15, 0.2) is 12.3 Å². The van der Waals surface area contributed by atoms with Crippen LogP contribution in [0.1, 0.15) is 24.2 Å². The van der Waals surface area contributed by atoms with Gasteiger partial charge in [-0.1, -0.05) is 26.2 Å². The number of hydrogen-bond donors (Lipinski definition) is 1. The van der Waals surface area contributed by atoms with E-state index in [9.17, 15) is 4.79 Å². The number of rotatable bonds is 4. The molecule has 0 saturated heterocycles. The van der Waals surface area contributed by atoms with E-state index < -0.39 is 0 Å². The van der Waals surface area contributed by atoms with Gasteiger partial charge in [-0.15, -0.1) is 0 Å². The summed E-state index contributed by atoms with van der Waals surface area (Å²) in [6.07, 6.45) is 2.46. The third kappa shape index (κ3) is 3.51. The zero-order chi connectivity index (χ0) is 15.4. The van der Waals surface area contributed by atoms with Crippen molar-refractivity contribution in [3.63, 3.8) is 0 Å². The van der Waals surface area contributed by atoms with Crippen LogP contribution in [-0.2, 0) is 16.1 Å². The van der Waals surface area contributed by atoms with Crippen LogP contribution < -0.4 is 5.32 Å². The first kappa shape index (κ1) is 14.7. The highest BCUT2D eigenvalue weighted by atomic mass is 79.9. The second kappa shape index (κ2) is 6.69. The number of anilines is 1. The van der Waals surface area contributed by atoms with E-state index in [1.54, 1.807) is 12.1 Å². The Morgan fingerprint density at radius 3 is 2.95 bits per heavy atom. The highest BCUT2D eigenvalue weighted by Crippen LogP contribution is 2.18. The molecule has 0 radical (unpaired) electrons. The van der Waals surface area contributed by atoms with E-state index >= 15 is 0 Å². The molecule has 0 unspecified atom stereocenters. The molecule has 22 heavy (non-hydrogen) atoms. The van der Waals surface area contributed by atoms with Crippen molar-refractivity contribution in [2.75, 3.05) is 11.9 Å². The maximum atomic E-state index is 11.8. The van der Waals surface area contributed by atoms with Crippen molar-refractivity contribution in [2.45, 2.75) is 19.3 Å². The number of benzene rings is 1. The van der Waals surface area contributed by atoms with Gasteiger partial charge in [-0.3, -0.25) is 4.79 Å². The standard InChI is InChI=1S/C14H13BrN4O3/c15-9-4-6-10(7-5-9)16-13(20)8-21-17-11-2-1-3-12-14(11)19-22-18-12/h4-7H,1-3,8H2,(H,16,20)/b17-11-. The number of nitrogens with zero attached hydrogens (tertiary/aromatic N) is 3. The number of hydrogen-bond acceptors (Lipinski definition) is 6. The van der Waals surface area contributed by atoms with Crippen molar-refractivity contribution in [1.82, 2.24) is 10.3 Å². The maximum Gasteiger partial charge on any atom is 0.265 e. The third-order valence-electron chi connectivity index (χ3n) is 3.16. The molecule has 114 valence electrons. The first-order valence-electron chi connectivity index (χ1n) is 6.78. The molecule has 1 aliphatic rings. The molecule has 0 bridgehead atoms. The van der Waals surface area contributed by atoms with Gasteiger partial charge < -0.3 is 10.2 Å². The van der Waals surface area contributed by atoms with Crippen LogP contribution in [0.2, 0.25) is 0 Å². The summed E-state index contributed by atoms with van der Waals surface area (Å²) in [5.74, 6) is -0.277. The van der Waals surface area contributed by atoms with Gasteiger partial charge in [0, 0.05) is 10.2 Å². The fourth-order valence-electron chi connectivity index (χ4n) is 2.12. The Balaban J connectivity index is 1.54. The van der Waals surface area contributed by atoms with Crippen molar-refractivity contribution in [3.8, 4) is 0 Å². The SMILES string of the molecule is O=C(CO/N=C1/CCCc2nonc21)Nc1ccc(Br)cc1. The first-order chi connectivity index (χ1) is 10.7. The molecule has 0 atom stereocenters. The summed E-state index contributed by atoms with van der Waals surface area (Å²) in [6.45, 7) is -0.166. The number of aromatic nitrogens is 2. The van der Waals surface area contributed by atoms with Crippen LogP contribution in [-0.4, -0.2) is 28.5 Å². The van der Waals surface area contributed by atoms with Crippen molar-refractivity contribution in [2.24, 2.45) is 5.16 Å². The van der Waals surface area contributed by atoms with E-state index in [0.717, 1.165) is 29.4 Å². The minimum atomic E-state index is -0.277. The summed E-state index contributed by atoms with van der Waals surface area (Å²) in [6, 6.07) is 7.28. The lowest BCUT2D eigenvalue weighted by Gasteiger charge is -2.09. The van der Waals surface area contributed by atoms with E-state index in [4.69, 9.17) is 9.47 Å². The van der Waals surface area contributed by atoms with E-state index in [-0.39, 0.29) is 12.5 Å². The number of amides is 1. The fourth-order valence-corrected chi connectivity index (χ4v) is 2.38. The average Bonchev–Trinajstić information content (AvgIpc) is 2.99. The lowest BCUT2D eigenvalue weighted by Crippen LogP contribution is -2.18. The molecule has 1 aromatic heterocycles. The van der Waals surface area contributed by atoms with Crippen molar-refractivity contribution >= 4 is 33.2 Å². The third-order valence-corrected chi connectivity index (χ3v) is 3.68. The predicted molar refractivity (Wildman–Crippen MR) is 82.5 cm³/mol. The molecule has 0 spiro atoms. The zero-order valence-electron chi connectivity index (χ0n) is 11.6. The van der Waals surface area contributed by atoms with E-state index in [1.165, 1.54) is 0 Å². The largest absolute Gasteiger partial charge is 0.385 e. The summed E-state index contributed by atoms with van der Waals surface area (Å²) in [4.78, 5) is 16.9. The molecular weight excluding hydrogens is 352 g/mol. The number of aryl methyl sites for hydroxylation is 1. The molecule has 1 N–H and O–H groups in total. The second-order valence-corrected chi connectivity index (χ2v) is 5.70. The van der Waals surface area contributed by atoms with Gasteiger partial charge in [0.2, 0.25) is 0 Å². The quantitative estimate of drug-likeness (QED) is 0.841.